The maximum Gasteiger partial charge on any atom is 0.320 e. The summed E-state index contributed by atoms with van der Waals surface area (Å²) >= 11 is 0. The van der Waals surface area contributed by atoms with Crippen molar-refractivity contribution < 1.29 is 18.7 Å². The Morgan fingerprint density at radius 2 is 2.29 bits per heavy atom. The lowest BCUT2D eigenvalue weighted by atomic mass is 10.00. The molecular formula is C18H21FN2O3. The second-order valence-corrected chi connectivity index (χ2v) is 6.26. The molecule has 1 aliphatic carbocycles. The zero-order valence-electron chi connectivity index (χ0n) is 13.4. The second kappa shape index (κ2) is 7.54. The number of terminal acetylenes is 1. The van der Waals surface area contributed by atoms with Crippen molar-refractivity contribution in [3.05, 3.63) is 24.0 Å². The van der Waals surface area contributed by atoms with Gasteiger partial charge in [0.1, 0.15) is 11.6 Å². The van der Waals surface area contributed by atoms with Crippen molar-refractivity contribution in [3.63, 3.8) is 0 Å². The molecule has 128 valence electrons. The average Bonchev–Trinajstić information content (AvgIpc) is 3.24. The molecule has 1 aromatic rings. The third-order valence-corrected chi connectivity index (χ3v) is 4.27. The SMILES string of the molecule is C#C[C@@H](NC(=O)Nc1ccc(F)cc1OCC1CC1)[C@H]1CCOC1. The minimum Gasteiger partial charge on any atom is -0.491 e. The van der Waals surface area contributed by atoms with Crippen molar-refractivity contribution in [1.82, 2.24) is 5.32 Å². The number of halogens is 1. The van der Waals surface area contributed by atoms with E-state index in [-0.39, 0.29) is 5.92 Å². The van der Waals surface area contributed by atoms with Crippen molar-refractivity contribution >= 4 is 11.7 Å². The van der Waals surface area contributed by atoms with Crippen LogP contribution in [0.5, 0.6) is 5.75 Å². The average molecular weight is 332 g/mol. The van der Waals surface area contributed by atoms with Crippen LogP contribution in [0.3, 0.4) is 0 Å². The number of anilines is 1. The van der Waals surface area contributed by atoms with Crippen molar-refractivity contribution in [2.24, 2.45) is 11.8 Å². The van der Waals surface area contributed by atoms with Gasteiger partial charge in [0, 0.05) is 18.6 Å². The molecule has 1 saturated carbocycles. The van der Waals surface area contributed by atoms with E-state index in [0.29, 0.717) is 37.2 Å². The predicted molar refractivity (Wildman–Crippen MR) is 88.3 cm³/mol. The lowest BCUT2D eigenvalue weighted by Crippen LogP contribution is -2.42. The second-order valence-electron chi connectivity index (χ2n) is 6.26. The Morgan fingerprint density at radius 1 is 1.46 bits per heavy atom. The normalized spacial score (nSPS) is 20.9. The minimum absolute atomic E-state index is 0.111. The van der Waals surface area contributed by atoms with E-state index < -0.39 is 17.9 Å². The first-order valence-electron chi connectivity index (χ1n) is 8.19. The Labute approximate surface area is 140 Å². The summed E-state index contributed by atoms with van der Waals surface area (Å²) in [7, 11) is 0. The summed E-state index contributed by atoms with van der Waals surface area (Å²) in [5.41, 5.74) is 0.424. The molecule has 0 unspecified atom stereocenters. The number of carbonyl (C=O) groups excluding carboxylic acids is 1. The zero-order chi connectivity index (χ0) is 16.9. The van der Waals surface area contributed by atoms with Crippen molar-refractivity contribution in [2.75, 3.05) is 25.1 Å². The first-order valence-corrected chi connectivity index (χ1v) is 8.19. The molecule has 0 spiro atoms. The lowest BCUT2D eigenvalue weighted by Gasteiger charge is -2.19. The molecule has 2 N–H and O–H groups in total. The van der Waals surface area contributed by atoms with E-state index in [1.165, 1.54) is 18.2 Å². The topological polar surface area (TPSA) is 59.6 Å². The van der Waals surface area contributed by atoms with Gasteiger partial charge in [0.2, 0.25) is 0 Å². The third kappa shape index (κ3) is 4.39. The van der Waals surface area contributed by atoms with Gasteiger partial charge in [0.15, 0.2) is 0 Å². The maximum absolute atomic E-state index is 13.4. The quantitative estimate of drug-likeness (QED) is 0.788. The van der Waals surface area contributed by atoms with E-state index in [2.05, 4.69) is 16.6 Å². The molecule has 6 heteroatoms. The summed E-state index contributed by atoms with van der Waals surface area (Å²) in [5, 5.41) is 5.45. The molecule has 2 atom stereocenters. The first-order chi connectivity index (χ1) is 11.7. The monoisotopic (exact) mass is 332 g/mol. The lowest BCUT2D eigenvalue weighted by molar-refractivity contribution is 0.181. The molecule has 24 heavy (non-hydrogen) atoms. The molecule has 2 aliphatic rings. The highest BCUT2D eigenvalue weighted by Gasteiger charge is 2.26. The fraction of sp³-hybridized carbons (Fsp3) is 0.500. The van der Waals surface area contributed by atoms with Crippen molar-refractivity contribution in [2.45, 2.75) is 25.3 Å². The van der Waals surface area contributed by atoms with Crippen molar-refractivity contribution in [1.29, 1.82) is 0 Å². The molecule has 2 fully saturated rings. The molecule has 1 saturated heterocycles. The summed E-state index contributed by atoms with van der Waals surface area (Å²) < 4.78 is 24.4. The summed E-state index contributed by atoms with van der Waals surface area (Å²) in [4.78, 5) is 12.2. The first kappa shape index (κ1) is 16.6. The molecule has 5 nitrogen and oxygen atoms in total. The largest absolute Gasteiger partial charge is 0.491 e. The number of ether oxygens (including phenoxy) is 2. The number of urea groups is 1. The number of hydrogen-bond donors (Lipinski definition) is 2. The Morgan fingerprint density at radius 3 is 2.96 bits per heavy atom. The van der Waals surface area contributed by atoms with Crippen LogP contribution in [0, 0.1) is 30.0 Å². The van der Waals surface area contributed by atoms with E-state index in [4.69, 9.17) is 15.9 Å². The van der Waals surface area contributed by atoms with Crippen LogP contribution in [-0.4, -0.2) is 31.9 Å². The van der Waals surface area contributed by atoms with E-state index in [1.807, 2.05) is 0 Å². The van der Waals surface area contributed by atoms with Gasteiger partial charge in [-0.1, -0.05) is 5.92 Å². The molecule has 0 aromatic heterocycles. The fourth-order valence-electron chi connectivity index (χ4n) is 2.62. The van der Waals surface area contributed by atoms with Gasteiger partial charge in [-0.25, -0.2) is 9.18 Å². The highest BCUT2D eigenvalue weighted by atomic mass is 19.1. The summed E-state index contributed by atoms with van der Waals surface area (Å²) in [6, 6.07) is 3.21. The van der Waals surface area contributed by atoms with E-state index in [1.54, 1.807) is 0 Å². The van der Waals surface area contributed by atoms with Gasteiger partial charge in [-0.05, 0) is 37.3 Å². The van der Waals surface area contributed by atoms with Crippen LogP contribution < -0.4 is 15.4 Å². The molecular weight excluding hydrogens is 311 g/mol. The predicted octanol–water partition coefficient (Wildman–Crippen LogP) is 2.77. The van der Waals surface area contributed by atoms with Gasteiger partial charge in [-0.15, -0.1) is 6.42 Å². The molecule has 1 aromatic carbocycles. The van der Waals surface area contributed by atoms with Gasteiger partial charge in [-0.2, -0.15) is 0 Å². The molecule has 1 aliphatic heterocycles. The molecule has 3 rings (SSSR count). The number of nitrogens with one attached hydrogen (secondary N) is 2. The standard InChI is InChI=1S/C18H21FN2O3/c1-2-15(13-7-8-23-11-13)20-18(22)21-16-6-5-14(19)9-17(16)24-10-12-3-4-12/h1,5-6,9,12-13,15H,3-4,7-8,10-11H2,(H2,20,21,22)/t13-,15+/m0/s1. The van der Waals surface area contributed by atoms with Crippen LogP contribution in [0.1, 0.15) is 19.3 Å². The van der Waals surface area contributed by atoms with Crippen LogP contribution >= 0.6 is 0 Å². The number of carbonyl (C=O) groups is 1. The highest BCUT2D eigenvalue weighted by Crippen LogP contribution is 2.32. The zero-order valence-corrected chi connectivity index (χ0v) is 13.4. The Hall–Kier alpha value is -2.26. The van der Waals surface area contributed by atoms with E-state index in [0.717, 1.165) is 19.3 Å². The van der Waals surface area contributed by atoms with Gasteiger partial charge in [0.05, 0.1) is 24.9 Å². The van der Waals surface area contributed by atoms with Gasteiger partial charge < -0.3 is 20.1 Å². The number of hydrogen-bond acceptors (Lipinski definition) is 3. The van der Waals surface area contributed by atoms with Crippen LogP contribution in [0.15, 0.2) is 18.2 Å². The van der Waals surface area contributed by atoms with Crippen LogP contribution in [0.4, 0.5) is 14.9 Å². The smallest absolute Gasteiger partial charge is 0.320 e. The molecule has 2 amide bonds. The summed E-state index contributed by atoms with van der Waals surface area (Å²) in [6.07, 6.45) is 8.59. The summed E-state index contributed by atoms with van der Waals surface area (Å²) in [6.45, 7) is 1.73. The van der Waals surface area contributed by atoms with E-state index in [9.17, 15) is 9.18 Å². The number of amides is 2. The van der Waals surface area contributed by atoms with Crippen molar-refractivity contribution in [3.8, 4) is 18.1 Å². The van der Waals surface area contributed by atoms with E-state index >= 15 is 0 Å². The molecule has 1 heterocycles. The van der Waals surface area contributed by atoms with Gasteiger partial charge >= 0.3 is 6.03 Å². The maximum atomic E-state index is 13.4. The third-order valence-electron chi connectivity index (χ3n) is 4.27. The minimum atomic E-state index is -0.437. The Balaban J connectivity index is 1.61. The van der Waals surface area contributed by atoms with Crippen LogP contribution in [0.2, 0.25) is 0 Å². The Kier molecular flexibility index (Phi) is 5.21. The highest BCUT2D eigenvalue weighted by molar-refractivity contribution is 5.91. The number of rotatable bonds is 6. The molecule has 0 radical (unpaired) electrons. The number of benzene rings is 1. The summed E-state index contributed by atoms with van der Waals surface area (Å²) in [5.74, 6) is 3.16. The Bertz CT molecular complexity index is 634. The van der Waals surface area contributed by atoms with Gasteiger partial charge in [-0.3, -0.25) is 0 Å². The fourth-order valence-corrected chi connectivity index (χ4v) is 2.62. The van der Waals surface area contributed by atoms with Crippen LogP contribution in [-0.2, 0) is 4.74 Å². The molecule has 0 bridgehead atoms. The van der Waals surface area contributed by atoms with Crippen LogP contribution in [0.25, 0.3) is 0 Å². The van der Waals surface area contributed by atoms with Gasteiger partial charge in [0.25, 0.3) is 0 Å².